The van der Waals surface area contributed by atoms with Gasteiger partial charge in [0.05, 0.1) is 6.61 Å². The molecule has 0 aromatic heterocycles. The van der Waals surface area contributed by atoms with E-state index in [4.69, 9.17) is 9.16 Å². The number of alkyl halides is 1. The lowest BCUT2D eigenvalue weighted by atomic mass is 10.8. The molecule has 0 atom stereocenters. The highest BCUT2D eigenvalue weighted by atomic mass is 28.4. The maximum absolute atomic E-state index is 11.8. The predicted octanol–water partition coefficient (Wildman–Crippen LogP) is 1.70. The van der Waals surface area contributed by atoms with Crippen LogP contribution in [0.5, 0.6) is 0 Å². The lowest BCUT2D eigenvalue weighted by Crippen LogP contribution is -2.31. The summed E-state index contributed by atoms with van der Waals surface area (Å²) >= 11 is 0. The van der Waals surface area contributed by atoms with Gasteiger partial charge in [0.25, 0.3) is 0 Å². The molecule has 0 rings (SSSR count). The molecule has 3 nitrogen and oxygen atoms in total. The highest BCUT2D eigenvalue weighted by Gasteiger charge is 2.22. The fraction of sp³-hybridized carbons (Fsp3) is 0.857. The van der Waals surface area contributed by atoms with Gasteiger partial charge >= 0.3 is 5.97 Å². The Labute approximate surface area is 73.0 Å². The first-order chi connectivity index (χ1) is 5.48. The molecule has 0 radical (unpaired) electrons. The topological polar surface area (TPSA) is 35.5 Å². The van der Waals surface area contributed by atoms with Gasteiger partial charge < -0.3 is 9.16 Å². The van der Waals surface area contributed by atoms with Gasteiger partial charge in [-0.2, -0.15) is 0 Å². The minimum Gasteiger partial charge on any atom is -0.466 e. The number of carbonyl (C=O) groups is 1. The molecule has 0 fully saturated rings. The molecule has 0 saturated carbocycles. The third-order valence-electron chi connectivity index (χ3n) is 1.45. The van der Waals surface area contributed by atoms with E-state index in [1.807, 2.05) is 13.1 Å². The van der Waals surface area contributed by atoms with Crippen LogP contribution >= 0.6 is 0 Å². The first-order valence-corrected chi connectivity index (χ1v) is 6.93. The SMILES string of the molecule is CC(=O)OCC[Si](C)(C)OCF. The third-order valence-corrected chi connectivity index (χ3v) is 3.75. The summed E-state index contributed by atoms with van der Waals surface area (Å²) in [6.07, 6.45) is 0. The van der Waals surface area contributed by atoms with Gasteiger partial charge in [-0.15, -0.1) is 0 Å². The zero-order chi connectivity index (χ0) is 9.61. The lowest BCUT2D eigenvalue weighted by molar-refractivity contribution is -0.140. The van der Waals surface area contributed by atoms with Crippen molar-refractivity contribution >= 4 is 14.3 Å². The molecule has 0 aromatic rings. The molecule has 12 heavy (non-hydrogen) atoms. The summed E-state index contributed by atoms with van der Waals surface area (Å²) < 4.78 is 21.4. The van der Waals surface area contributed by atoms with Gasteiger partial charge in [-0.3, -0.25) is 4.79 Å². The van der Waals surface area contributed by atoms with Crippen LogP contribution in [0.4, 0.5) is 4.39 Å². The average molecular weight is 194 g/mol. The Kier molecular flexibility index (Phi) is 5.08. The summed E-state index contributed by atoms with van der Waals surface area (Å²) in [7, 11) is -1.92. The summed E-state index contributed by atoms with van der Waals surface area (Å²) in [5, 5.41) is 0. The fourth-order valence-corrected chi connectivity index (χ4v) is 1.69. The van der Waals surface area contributed by atoms with Gasteiger partial charge in [0, 0.05) is 13.0 Å². The monoisotopic (exact) mass is 194 g/mol. The fourth-order valence-electron chi connectivity index (χ4n) is 0.660. The van der Waals surface area contributed by atoms with Crippen LogP contribution in [0.2, 0.25) is 19.1 Å². The number of esters is 1. The smallest absolute Gasteiger partial charge is 0.302 e. The molecular weight excluding hydrogens is 179 g/mol. The molecular formula is C7H15FO3Si. The minimum absolute atomic E-state index is 0.306. The van der Waals surface area contributed by atoms with E-state index in [1.54, 1.807) is 0 Å². The lowest BCUT2D eigenvalue weighted by Gasteiger charge is -2.19. The van der Waals surface area contributed by atoms with Crippen LogP contribution in [0.3, 0.4) is 0 Å². The molecule has 0 amide bonds. The molecule has 0 heterocycles. The van der Waals surface area contributed by atoms with Crippen LogP contribution in [0.25, 0.3) is 0 Å². The number of hydrogen-bond donors (Lipinski definition) is 0. The normalized spacial score (nSPS) is 11.3. The number of hydrogen-bond acceptors (Lipinski definition) is 3. The maximum atomic E-state index is 11.8. The maximum Gasteiger partial charge on any atom is 0.302 e. The molecule has 0 aliphatic heterocycles. The van der Waals surface area contributed by atoms with E-state index >= 15 is 0 Å². The molecule has 72 valence electrons. The van der Waals surface area contributed by atoms with Crippen molar-refractivity contribution in [3.05, 3.63) is 0 Å². The second-order valence-corrected chi connectivity index (χ2v) is 7.41. The van der Waals surface area contributed by atoms with Crippen LogP contribution in [-0.4, -0.2) is 27.8 Å². The van der Waals surface area contributed by atoms with Crippen molar-refractivity contribution in [2.45, 2.75) is 26.1 Å². The molecule has 0 aliphatic carbocycles. The Morgan fingerprint density at radius 1 is 1.50 bits per heavy atom. The Morgan fingerprint density at radius 3 is 2.50 bits per heavy atom. The number of halogens is 1. The Hall–Kier alpha value is -0.423. The Morgan fingerprint density at radius 2 is 2.08 bits per heavy atom. The van der Waals surface area contributed by atoms with Crippen LogP contribution in [0.15, 0.2) is 0 Å². The first kappa shape index (κ1) is 11.6. The van der Waals surface area contributed by atoms with Gasteiger partial charge in [0.1, 0.15) is 0 Å². The van der Waals surface area contributed by atoms with Crippen molar-refractivity contribution in [3.8, 4) is 0 Å². The summed E-state index contributed by atoms with van der Waals surface area (Å²) in [5.74, 6) is -0.306. The van der Waals surface area contributed by atoms with E-state index in [0.717, 1.165) is 0 Å². The van der Waals surface area contributed by atoms with E-state index in [1.165, 1.54) is 6.92 Å². The molecule has 0 saturated heterocycles. The quantitative estimate of drug-likeness (QED) is 0.493. The summed E-state index contributed by atoms with van der Waals surface area (Å²) in [6.45, 7) is 4.70. The van der Waals surface area contributed by atoms with Crippen molar-refractivity contribution in [2.75, 3.05) is 13.5 Å². The molecule has 0 aliphatic rings. The average Bonchev–Trinajstić information content (AvgIpc) is 1.85. The first-order valence-electron chi connectivity index (χ1n) is 3.81. The summed E-state index contributed by atoms with van der Waals surface area (Å²) in [4.78, 5) is 10.4. The number of ether oxygens (including phenoxy) is 1. The van der Waals surface area contributed by atoms with E-state index in [-0.39, 0.29) is 5.97 Å². The summed E-state index contributed by atoms with van der Waals surface area (Å²) in [5.41, 5.74) is 0. The molecule has 0 aromatic carbocycles. The molecule has 0 N–H and O–H groups in total. The van der Waals surface area contributed by atoms with Crippen LogP contribution in [-0.2, 0) is 14.0 Å². The molecule has 0 bridgehead atoms. The minimum atomic E-state index is -1.92. The van der Waals surface area contributed by atoms with Crippen LogP contribution in [0.1, 0.15) is 6.92 Å². The van der Waals surface area contributed by atoms with Gasteiger partial charge in [-0.05, 0) is 13.1 Å². The van der Waals surface area contributed by atoms with Crippen molar-refractivity contribution in [3.63, 3.8) is 0 Å². The van der Waals surface area contributed by atoms with E-state index in [0.29, 0.717) is 12.7 Å². The van der Waals surface area contributed by atoms with E-state index in [9.17, 15) is 9.18 Å². The molecule has 5 heteroatoms. The largest absolute Gasteiger partial charge is 0.466 e. The van der Waals surface area contributed by atoms with Gasteiger partial charge in [0.2, 0.25) is 0 Å². The van der Waals surface area contributed by atoms with E-state index in [2.05, 4.69) is 0 Å². The van der Waals surface area contributed by atoms with Gasteiger partial charge in [-0.25, -0.2) is 4.39 Å². The molecule has 0 spiro atoms. The Balaban J connectivity index is 3.53. The van der Waals surface area contributed by atoms with Gasteiger partial charge in [0.15, 0.2) is 15.2 Å². The second-order valence-electron chi connectivity index (χ2n) is 3.10. The van der Waals surface area contributed by atoms with E-state index < -0.39 is 15.2 Å². The van der Waals surface area contributed by atoms with Crippen molar-refractivity contribution in [1.29, 1.82) is 0 Å². The summed E-state index contributed by atoms with van der Waals surface area (Å²) in [6, 6.07) is 0.635. The number of rotatable bonds is 5. The highest BCUT2D eigenvalue weighted by Crippen LogP contribution is 2.10. The predicted molar refractivity (Wildman–Crippen MR) is 46.0 cm³/mol. The Bertz CT molecular complexity index is 150. The molecule has 0 unspecified atom stereocenters. The second kappa shape index (κ2) is 5.26. The zero-order valence-electron chi connectivity index (χ0n) is 7.72. The van der Waals surface area contributed by atoms with Crippen LogP contribution < -0.4 is 0 Å². The van der Waals surface area contributed by atoms with Gasteiger partial charge in [-0.1, -0.05) is 0 Å². The standard InChI is InChI=1S/C7H15FO3Si/c1-7(9)10-4-5-12(2,3)11-6-8/h4-6H2,1-3H3. The zero-order valence-corrected chi connectivity index (χ0v) is 8.72. The van der Waals surface area contributed by atoms with Crippen LogP contribution in [0, 0.1) is 0 Å². The van der Waals surface area contributed by atoms with Crippen molar-refractivity contribution in [1.82, 2.24) is 0 Å². The number of carbonyl (C=O) groups excluding carboxylic acids is 1. The van der Waals surface area contributed by atoms with Crippen molar-refractivity contribution in [2.24, 2.45) is 0 Å². The third kappa shape index (κ3) is 6.30. The van der Waals surface area contributed by atoms with Crippen molar-refractivity contribution < 1.29 is 18.3 Å². The highest BCUT2D eigenvalue weighted by molar-refractivity contribution is 6.71.